The van der Waals surface area contributed by atoms with Crippen LogP contribution >= 0.6 is 23.2 Å². The lowest BCUT2D eigenvalue weighted by Crippen LogP contribution is -1.97. The molecule has 0 fully saturated rings. The maximum Gasteiger partial charge on any atom is 0.150 e. The van der Waals surface area contributed by atoms with Crippen LogP contribution in [0.15, 0.2) is 60.7 Å². The van der Waals surface area contributed by atoms with Crippen molar-refractivity contribution in [2.24, 2.45) is 0 Å². The molecule has 2 nitrogen and oxygen atoms in total. The highest BCUT2D eigenvalue weighted by atomic mass is 35.5. The van der Waals surface area contributed by atoms with E-state index in [0.717, 1.165) is 17.4 Å². The molecular weight excluding hydrogens is 379 g/mol. The van der Waals surface area contributed by atoms with E-state index >= 15 is 0 Å². The summed E-state index contributed by atoms with van der Waals surface area (Å²) in [5.74, 6) is 6.73. The van der Waals surface area contributed by atoms with Crippen LogP contribution in [0, 0.1) is 18.8 Å². The first-order valence-corrected chi connectivity index (χ1v) is 9.05. The molecule has 0 saturated heterocycles. The third-order valence-corrected chi connectivity index (χ3v) is 4.46. The Kier molecular flexibility index (Phi) is 6.19. The molecule has 0 aromatic heterocycles. The minimum atomic E-state index is 0.267. The van der Waals surface area contributed by atoms with E-state index in [2.05, 4.69) is 11.8 Å². The van der Waals surface area contributed by atoms with Crippen LogP contribution in [0.1, 0.15) is 32.6 Å². The number of ether oxygens (including phenoxy) is 1. The molecule has 0 unspecified atom stereocenters. The zero-order chi connectivity index (χ0) is 19.2. The number of rotatable bonds is 4. The first-order valence-electron chi connectivity index (χ1n) is 8.29. The third kappa shape index (κ3) is 5.37. The quantitative estimate of drug-likeness (QED) is 0.395. The first-order chi connectivity index (χ1) is 13.0. The number of hydrogen-bond donors (Lipinski definition) is 0. The predicted octanol–water partition coefficient (Wildman–Crippen LogP) is 6.09. The second kappa shape index (κ2) is 8.77. The molecule has 27 heavy (non-hydrogen) atoms. The van der Waals surface area contributed by atoms with Crippen LogP contribution in [0.2, 0.25) is 10.0 Å². The number of aryl methyl sites for hydroxylation is 1. The van der Waals surface area contributed by atoms with Crippen LogP contribution in [0.25, 0.3) is 0 Å². The second-order valence-electron chi connectivity index (χ2n) is 6.05. The summed E-state index contributed by atoms with van der Waals surface area (Å²) in [6.07, 6.45) is 0.777. The van der Waals surface area contributed by atoms with Gasteiger partial charge < -0.3 is 4.74 Å². The number of benzene rings is 3. The van der Waals surface area contributed by atoms with E-state index < -0.39 is 0 Å². The first kappa shape index (κ1) is 19.0. The fourth-order valence-corrected chi connectivity index (χ4v) is 2.89. The predicted molar refractivity (Wildman–Crippen MR) is 110 cm³/mol. The summed E-state index contributed by atoms with van der Waals surface area (Å²) in [6, 6.07) is 18.4. The molecule has 3 aromatic rings. The van der Waals surface area contributed by atoms with Crippen LogP contribution in [0.4, 0.5) is 0 Å². The van der Waals surface area contributed by atoms with Crippen molar-refractivity contribution in [1.29, 1.82) is 0 Å². The van der Waals surface area contributed by atoms with Gasteiger partial charge in [0, 0.05) is 32.3 Å². The molecule has 0 aliphatic carbocycles. The van der Waals surface area contributed by atoms with Gasteiger partial charge in [0.2, 0.25) is 0 Å². The average Bonchev–Trinajstić information content (AvgIpc) is 2.66. The number of aldehydes is 1. The number of hydrogen-bond acceptors (Lipinski definition) is 2. The van der Waals surface area contributed by atoms with Crippen molar-refractivity contribution in [3.05, 3.63) is 98.5 Å². The van der Waals surface area contributed by atoms with E-state index in [0.29, 0.717) is 26.9 Å². The summed E-state index contributed by atoms with van der Waals surface area (Å²) in [5, 5.41) is 1.11. The molecule has 0 heterocycles. The summed E-state index contributed by atoms with van der Waals surface area (Å²) in [7, 11) is 0. The molecule has 0 atom stereocenters. The van der Waals surface area contributed by atoms with Gasteiger partial charge >= 0.3 is 0 Å². The fraction of sp³-hybridized carbons (Fsp3) is 0.0870. The molecule has 3 aromatic carbocycles. The molecule has 0 aliphatic rings. The topological polar surface area (TPSA) is 26.3 Å². The van der Waals surface area contributed by atoms with Crippen molar-refractivity contribution in [2.45, 2.75) is 13.5 Å². The fourth-order valence-electron chi connectivity index (χ4n) is 2.43. The van der Waals surface area contributed by atoms with Crippen molar-refractivity contribution in [2.75, 3.05) is 0 Å². The molecule has 4 heteroatoms. The van der Waals surface area contributed by atoms with Gasteiger partial charge in [-0.25, -0.2) is 0 Å². The van der Waals surface area contributed by atoms with Gasteiger partial charge in [-0.3, -0.25) is 4.79 Å². The van der Waals surface area contributed by atoms with Gasteiger partial charge in [-0.05, 0) is 49.4 Å². The van der Waals surface area contributed by atoms with E-state index in [1.807, 2.05) is 37.3 Å². The molecule has 3 rings (SSSR count). The summed E-state index contributed by atoms with van der Waals surface area (Å²) >= 11 is 12.1. The molecule has 0 N–H and O–H groups in total. The van der Waals surface area contributed by atoms with Crippen molar-refractivity contribution in [1.82, 2.24) is 0 Å². The van der Waals surface area contributed by atoms with Crippen molar-refractivity contribution in [3.8, 4) is 17.6 Å². The molecule has 0 amide bonds. The Balaban J connectivity index is 1.81. The maximum absolute atomic E-state index is 11.2. The summed E-state index contributed by atoms with van der Waals surface area (Å²) < 4.78 is 5.81. The van der Waals surface area contributed by atoms with E-state index in [1.165, 1.54) is 5.56 Å². The Morgan fingerprint density at radius 2 is 1.67 bits per heavy atom. The Morgan fingerprint density at radius 3 is 2.37 bits per heavy atom. The highest BCUT2D eigenvalue weighted by molar-refractivity contribution is 6.35. The van der Waals surface area contributed by atoms with E-state index in [4.69, 9.17) is 27.9 Å². The zero-order valence-electron chi connectivity index (χ0n) is 14.6. The molecule has 0 bridgehead atoms. The molecule has 0 saturated carbocycles. The van der Waals surface area contributed by atoms with Crippen LogP contribution in [0.3, 0.4) is 0 Å². The molecule has 134 valence electrons. The van der Waals surface area contributed by atoms with E-state index in [9.17, 15) is 4.79 Å². The molecule has 0 radical (unpaired) electrons. The van der Waals surface area contributed by atoms with Gasteiger partial charge in [0.25, 0.3) is 0 Å². The maximum atomic E-state index is 11.2. The monoisotopic (exact) mass is 394 g/mol. The van der Waals surface area contributed by atoms with Gasteiger partial charge in [0.15, 0.2) is 0 Å². The van der Waals surface area contributed by atoms with Crippen LogP contribution in [-0.2, 0) is 6.61 Å². The SMILES string of the molecule is Cc1ccc(C#Cc2cc(C=O)cc(OCc3ccc(Cl)cc3Cl)c2)cc1. The molecular formula is C23H16Cl2O2. The Bertz CT molecular complexity index is 1030. The summed E-state index contributed by atoms with van der Waals surface area (Å²) in [5.41, 5.74) is 4.11. The third-order valence-electron chi connectivity index (χ3n) is 3.88. The lowest BCUT2D eigenvalue weighted by Gasteiger charge is -2.09. The lowest BCUT2D eigenvalue weighted by atomic mass is 10.1. The standard InChI is InChI=1S/C23H16Cl2O2/c1-16-2-4-17(5-3-16)6-7-18-10-19(14-26)12-22(11-18)27-15-20-8-9-21(24)13-23(20)25/h2-5,8-14H,15H2,1H3. The van der Waals surface area contributed by atoms with Gasteiger partial charge in [0.1, 0.15) is 18.6 Å². The van der Waals surface area contributed by atoms with E-state index in [-0.39, 0.29) is 6.61 Å². The van der Waals surface area contributed by atoms with Gasteiger partial charge in [-0.1, -0.05) is 58.8 Å². The molecule has 0 spiro atoms. The lowest BCUT2D eigenvalue weighted by molar-refractivity contribution is 0.112. The van der Waals surface area contributed by atoms with Crippen molar-refractivity contribution >= 4 is 29.5 Å². The smallest absolute Gasteiger partial charge is 0.150 e. The van der Waals surface area contributed by atoms with Gasteiger partial charge in [-0.2, -0.15) is 0 Å². The van der Waals surface area contributed by atoms with Gasteiger partial charge in [-0.15, -0.1) is 0 Å². The van der Waals surface area contributed by atoms with Crippen LogP contribution in [-0.4, -0.2) is 6.29 Å². The van der Waals surface area contributed by atoms with Gasteiger partial charge in [0.05, 0.1) is 0 Å². The largest absolute Gasteiger partial charge is 0.489 e. The minimum absolute atomic E-state index is 0.267. The summed E-state index contributed by atoms with van der Waals surface area (Å²) in [4.78, 5) is 11.2. The Morgan fingerprint density at radius 1 is 0.926 bits per heavy atom. The zero-order valence-corrected chi connectivity index (χ0v) is 16.1. The number of carbonyl (C=O) groups excluding carboxylic acids is 1. The van der Waals surface area contributed by atoms with Crippen molar-refractivity contribution < 1.29 is 9.53 Å². The number of halogens is 2. The summed E-state index contributed by atoms with van der Waals surface area (Å²) in [6.45, 7) is 2.30. The Hall–Kier alpha value is -2.73. The highest BCUT2D eigenvalue weighted by Gasteiger charge is 2.05. The minimum Gasteiger partial charge on any atom is -0.489 e. The highest BCUT2D eigenvalue weighted by Crippen LogP contribution is 2.23. The van der Waals surface area contributed by atoms with Crippen LogP contribution in [0.5, 0.6) is 5.75 Å². The Labute approximate surface area is 168 Å². The molecule has 0 aliphatic heterocycles. The van der Waals surface area contributed by atoms with E-state index in [1.54, 1.807) is 30.3 Å². The van der Waals surface area contributed by atoms with Crippen molar-refractivity contribution in [3.63, 3.8) is 0 Å². The van der Waals surface area contributed by atoms with Crippen LogP contribution < -0.4 is 4.74 Å². The normalized spacial score (nSPS) is 10.0. The average molecular weight is 395 g/mol. The second-order valence-corrected chi connectivity index (χ2v) is 6.89. The number of carbonyl (C=O) groups is 1.